The Labute approximate surface area is 136 Å². The second-order valence-corrected chi connectivity index (χ2v) is 6.17. The standard InChI is InChI=1S/C14H14ClFN4OS/c1-3-6-20-8-17-19-14(20)22-9(2)13(21)18-12-5-4-10(15)7-11(12)16/h3-5,7-9H,1,6H2,2H3,(H,18,21)/t9-/m0/s1. The molecular formula is C14H14ClFN4OS. The maximum Gasteiger partial charge on any atom is 0.237 e. The van der Waals surface area contributed by atoms with Crippen LogP contribution in [0.4, 0.5) is 10.1 Å². The molecule has 1 N–H and O–H groups in total. The fourth-order valence-electron chi connectivity index (χ4n) is 1.64. The lowest BCUT2D eigenvalue weighted by atomic mass is 10.3. The molecule has 0 saturated heterocycles. The van der Waals surface area contributed by atoms with Crippen molar-refractivity contribution in [2.75, 3.05) is 5.32 Å². The molecule has 0 unspecified atom stereocenters. The van der Waals surface area contributed by atoms with Crippen LogP contribution in [0.25, 0.3) is 0 Å². The summed E-state index contributed by atoms with van der Waals surface area (Å²) in [6.07, 6.45) is 3.27. The number of benzene rings is 1. The third-order valence-electron chi connectivity index (χ3n) is 2.75. The number of hydrogen-bond acceptors (Lipinski definition) is 4. The number of amides is 1. The van der Waals surface area contributed by atoms with E-state index in [0.29, 0.717) is 11.7 Å². The van der Waals surface area contributed by atoms with Gasteiger partial charge in [0.05, 0.1) is 10.9 Å². The summed E-state index contributed by atoms with van der Waals surface area (Å²) in [6.45, 7) is 5.91. The topological polar surface area (TPSA) is 59.8 Å². The monoisotopic (exact) mass is 340 g/mol. The molecule has 0 aliphatic rings. The van der Waals surface area contributed by atoms with E-state index in [9.17, 15) is 9.18 Å². The van der Waals surface area contributed by atoms with Crippen molar-refractivity contribution in [1.29, 1.82) is 0 Å². The smallest absolute Gasteiger partial charge is 0.237 e. The Bertz CT molecular complexity index is 691. The van der Waals surface area contributed by atoms with Crippen molar-refractivity contribution < 1.29 is 9.18 Å². The van der Waals surface area contributed by atoms with E-state index in [-0.39, 0.29) is 16.6 Å². The van der Waals surface area contributed by atoms with Crippen molar-refractivity contribution in [1.82, 2.24) is 14.8 Å². The minimum Gasteiger partial charge on any atom is -0.323 e. The van der Waals surface area contributed by atoms with Crippen molar-refractivity contribution in [2.45, 2.75) is 23.9 Å². The predicted octanol–water partition coefficient (Wildman–Crippen LogP) is 3.38. The Hall–Kier alpha value is -1.86. The minimum absolute atomic E-state index is 0.0920. The molecule has 22 heavy (non-hydrogen) atoms. The number of nitrogens with one attached hydrogen (secondary N) is 1. The molecule has 0 radical (unpaired) electrons. The van der Waals surface area contributed by atoms with Gasteiger partial charge in [0.15, 0.2) is 5.16 Å². The number of halogens is 2. The van der Waals surface area contributed by atoms with E-state index >= 15 is 0 Å². The van der Waals surface area contributed by atoms with E-state index in [0.717, 1.165) is 6.07 Å². The zero-order valence-corrected chi connectivity index (χ0v) is 13.4. The second kappa shape index (κ2) is 7.42. The molecule has 2 aromatic rings. The summed E-state index contributed by atoms with van der Waals surface area (Å²) in [5.41, 5.74) is 0.0920. The summed E-state index contributed by atoms with van der Waals surface area (Å²) in [6, 6.07) is 4.08. The van der Waals surface area contributed by atoms with Gasteiger partial charge in [-0.2, -0.15) is 0 Å². The third-order valence-corrected chi connectivity index (χ3v) is 4.08. The van der Waals surface area contributed by atoms with Crippen LogP contribution in [-0.2, 0) is 11.3 Å². The SMILES string of the molecule is C=CCn1cnnc1S[C@@H](C)C(=O)Nc1ccc(Cl)cc1F. The highest BCUT2D eigenvalue weighted by Gasteiger charge is 2.19. The molecule has 0 aliphatic heterocycles. The zero-order valence-electron chi connectivity index (χ0n) is 11.8. The molecular weight excluding hydrogens is 327 g/mol. The summed E-state index contributed by atoms with van der Waals surface area (Å²) in [7, 11) is 0. The maximum absolute atomic E-state index is 13.7. The van der Waals surface area contributed by atoms with Crippen LogP contribution in [0, 0.1) is 5.82 Å². The lowest BCUT2D eigenvalue weighted by Gasteiger charge is -2.12. The lowest BCUT2D eigenvalue weighted by Crippen LogP contribution is -2.23. The number of hydrogen-bond donors (Lipinski definition) is 1. The van der Waals surface area contributed by atoms with Gasteiger partial charge in [0, 0.05) is 11.6 Å². The van der Waals surface area contributed by atoms with E-state index in [1.165, 1.54) is 23.9 Å². The van der Waals surface area contributed by atoms with E-state index in [4.69, 9.17) is 11.6 Å². The predicted molar refractivity (Wildman–Crippen MR) is 85.6 cm³/mol. The Morgan fingerprint density at radius 1 is 1.64 bits per heavy atom. The molecule has 0 bridgehead atoms. The van der Waals surface area contributed by atoms with E-state index in [1.807, 2.05) is 0 Å². The molecule has 1 aromatic heterocycles. The Balaban J connectivity index is 2.02. The minimum atomic E-state index is -0.576. The average Bonchev–Trinajstić information content (AvgIpc) is 2.89. The first kappa shape index (κ1) is 16.5. The van der Waals surface area contributed by atoms with Gasteiger partial charge in [0.25, 0.3) is 0 Å². The lowest BCUT2D eigenvalue weighted by molar-refractivity contribution is -0.115. The van der Waals surface area contributed by atoms with Gasteiger partial charge in [0.2, 0.25) is 5.91 Å². The number of allylic oxidation sites excluding steroid dienone is 1. The highest BCUT2D eigenvalue weighted by molar-refractivity contribution is 8.00. The highest BCUT2D eigenvalue weighted by atomic mass is 35.5. The van der Waals surface area contributed by atoms with Crippen LogP contribution in [0.5, 0.6) is 0 Å². The number of anilines is 1. The molecule has 8 heteroatoms. The zero-order chi connectivity index (χ0) is 16.1. The van der Waals surface area contributed by atoms with Gasteiger partial charge in [0.1, 0.15) is 12.1 Å². The third kappa shape index (κ3) is 4.08. The molecule has 0 saturated carbocycles. The Kier molecular flexibility index (Phi) is 5.57. The number of rotatable bonds is 6. The first-order chi connectivity index (χ1) is 10.5. The van der Waals surface area contributed by atoms with Gasteiger partial charge in [-0.3, -0.25) is 4.79 Å². The van der Waals surface area contributed by atoms with Crippen LogP contribution in [-0.4, -0.2) is 25.9 Å². The molecule has 1 amide bonds. The average molecular weight is 341 g/mol. The number of carbonyl (C=O) groups is 1. The second-order valence-electron chi connectivity index (χ2n) is 4.43. The molecule has 116 valence electrons. The van der Waals surface area contributed by atoms with Gasteiger partial charge >= 0.3 is 0 Å². The molecule has 5 nitrogen and oxygen atoms in total. The van der Waals surface area contributed by atoms with E-state index in [2.05, 4.69) is 22.1 Å². The summed E-state index contributed by atoms with van der Waals surface area (Å²) >= 11 is 6.91. The number of thioether (sulfide) groups is 1. The summed E-state index contributed by atoms with van der Waals surface area (Å²) in [5.74, 6) is -0.910. The molecule has 0 fully saturated rings. The van der Waals surface area contributed by atoms with Crippen molar-refractivity contribution in [2.24, 2.45) is 0 Å². The summed E-state index contributed by atoms with van der Waals surface area (Å²) in [4.78, 5) is 12.1. The van der Waals surface area contributed by atoms with Crippen LogP contribution in [0.2, 0.25) is 5.02 Å². The van der Waals surface area contributed by atoms with Crippen molar-refractivity contribution >= 4 is 35.0 Å². The molecule has 2 rings (SSSR count). The van der Waals surface area contributed by atoms with Crippen LogP contribution < -0.4 is 5.32 Å². The van der Waals surface area contributed by atoms with Gasteiger partial charge < -0.3 is 9.88 Å². The van der Waals surface area contributed by atoms with Gasteiger partial charge in [-0.25, -0.2) is 4.39 Å². The fraction of sp³-hybridized carbons (Fsp3) is 0.214. The van der Waals surface area contributed by atoms with Crippen LogP contribution in [0.15, 0.2) is 42.3 Å². The summed E-state index contributed by atoms with van der Waals surface area (Å²) in [5, 5.41) is 10.7. The van der Waals surface area contributed by atoms with Crippen molar-refractivity contribution in [3.8, 4) is 0 Å². The van der Waals surface area contributed by atoms with Gasteiger partial charge in [-0.15, -0.1) is 16.8 Å². The molecule has 0 spiro atoms. The molecule has 1 atom stereocenters. The van der Waals surface area contributed by atoms with Gasteiger partial charge in [-0.1, -0.05) is 29.4 Å². The van der Waals surface area contributed by atoms with Gasteiger partial charge in [-0.05, 0) is 25.1 Å². The Morgan fingerprint density at radius 2 is 2.41 bits per heavy atom. The van der Waals surface area contributed by atoms with Crippen LogP contribution in [0.1, 0.15) is 6.92 Å². The number of nitrogens with zero attached hydrogens (tertiary/aromatic N) is 3. The fourth-order valence-corrected chi connectivity index (χ4v) is 2.63. The van der Waals surface area contributed by atoms with Crippen LogP contribution >= 0.6 is 23.4 Å². The first-order valence-corrected chi connectivity index (χ1v) is 7.68. The Morgan fingerprint density at radius 3 is 3.09 bits per heavy atom. The van der Waals surface area contributed by atoms with Crippen molar-refractivity contribution in [3.05, 3.63) is 48.0 Å². The summed E-state index contributed by atoms with van der Waals surface area (Å²) < 4.78 is 15.4. The number of carbonyl (C=O) groups excluding carboxylic acids is 1. The normalized spacial score (nSPS) is 12.0. The highest BCUT2D eigenvalue weighted by Crippen LogP contribution is 2.24. The maximum atomic E-state index is 13.7. The molecule has 0 aliphatic carbocycles. The van der Waals surface area contributed by atoms with Crippen molar-refractivity contribution in [3.63, 3.8) is 0 Å². The molecule has 1 heterocycles. The van der Waals surface area contributed by atoms with Crippen LogP contribution in [0.3, 0.4) is 0 Å². The van der Waals surface area contributed by atoms with E-state index < -0.39 is 11.1 Å². The first-order valence-electron chi connectivity index (χ1n) is 6.42. The van der Waals surface area contributed by atoms with E-state index in [1.54, 1.807) is 23.9 Å². The number of aromatic nitrogens is 3. The molecule has 1 aromatic carbocycles. The largest absolute Gasteiger partial charge is 0.323 e. The quantitative estimate of drug-likeness (QED) is 0.647.